The lowest BCUT2D eigenvalue weighted by molar-refractivity contribution is 0.226. The van der Waals surface area contributed by atoms with Crippen molar-refractivity contribution in [1.29, 1.82) is 0 Å². The predicted octanol–water partition coefficient (Wildman–Crippen LogP) is 3.08. The Balaban J connectivity index is 1.82. The minimum Gasteiger partial charge on any atom is -0.409 e. The number of hydrogen-bond acceptors (Lipinski definition) is 3. The van der Waals surface area contributed by atoms with Gasteiger partial charge in [-0.05, 0) is 49.3 Å². The van der Waals surface area contributed by atoms with Crippen molar-refractivity contribution in [2.45, 2.75) is 38.5 Å². The first-order valence-electron chi connectivity index (χ1n) is 7.66. The molecule has 2 fully saturated rings. The molecule has 1 aromatic rings. The highest BCUT2D eigenvalue weighted by Gasteiger charge is 2.37. The molecular formula is C16H22FN3O. The Morgan fingerprint density at radius 1 is 1.19 bits per heavy atom. The van der Waals surface area contributed by atoms with Gasteiger partial charge in [-0.2, -0.15) is 0 Å². The third-order valence-corrected chi connectivity index (χ3v) is 5.17. The molecule has 114 valence electrons. The number of oxime groups is 1. The molecule has 1 aromatic carbocycles. The number of piperidine rings is 1. The molecule has 21 heavy (non-hydrogen) atoms. The monoisotopic (exact) mass is 291 g/mol. The molecule has 2 aliphatic rings. The first kappa shape index (κ1) is 14.2. The van der Waals surface area contributed by atoms with E-state index in [1.54, 1.807) is 6.07 Å². The Hall–Kier alpha value is -1.78. The van der Waals surface area contributed by atoms with Gasteiger partial charge in [0.2, 0.25) is 0 Å². The lowest BCUT2D eigenvalue weighted by Crippen LogP contribution is -2.39. The van der Waals surface area contributed by atoms with E-state index in [2.05, 4.69) is 10.1 Å². The number of amidine groups is 1. The molecule has 1 aliphatic carbocycles. The van der Waals surface area contributed by atoms with Crippen molar-refractivity contribution >= 4 is 11.5 Å². The van der Waals surface area contributed by atoms with Gasteiger partial charge in [-0.1, -0.05) is 18.0 Å². The summed E-state index contributed by atoms with van der Waals surface area (Å²) in [7, 11) is 0. The van der Waals surface area contributed by atoms with Crippen LogP contribution >= 0.6 is 0 Å². The molecule has 1 heterocycles. The van der Waals surface area contributed by atoms with Gasteiger partial charge in [0.25, 0.3) is 0 Å². The first-order chi connectivity index (χ1) is 10.1. The van der Waals surface area contributed by atoms with E-state index < -0.39 is 0 Å². The van der Waals surface area contributed by atoms with Gasteiger partial charge in [0.1, 0.15) is 5.82 Å². The third kappa shape index (κ3) is 2.69. The maximum Gasteiger partial charge on any atom is 0.172 e. The second-order valence-corrected chi connectivity index (χ2v) is 6.34. The molecule has 1 spiro atoms. The number of rotatable bonds is 2. The van der Waals surface area contributed by atoms with Gasteiger partial charge in [0.15, 0.2) is 5.84 Å². The van der Waals surface area contributed by atoms with Crippen molar-refractivity contribution in [3.8, 4) is 0 Å². The standard InChI is InChI=1S/C16H22FN3O/c17-12-3-4-14(13(11-12)15(18)19-21)20-9-7-16(8-10-20)5-1-2-6-16/h3-4,11,21H,1-2,5-10H2,(H2,18,19). The van der Waals surface area contributed by atoms with Crippen molar-refractivity contribution in [3.63, 3.8) is 0 Å². The fourth-order valence-corrected chi connectivity index (χ4v) is 3.89. The first-order valence-corrected chi connectivity index (χ1v) is 7.66. The zero-order valence-electron chi connectivity index (χ0n) is 12.2. The third-order valence-electron chi connectivity index (χ3n) is 5.17. The molecule has 1 saturated carbocycles. The summed E-state index contributed by atoms with van der Waals surface area (Å²) in [6, 6.07) is 4.50. The molecule has 0 amide bonds. The van der Waals surface area contributed by atoms with Crippen LogP contribution in [0.5, 0.6) is 0 Å². The van der Waals surface area contributed by atoms with Crippen LogP contribution in [-0.4, -0.2) is 24.1 Å². The zero-order chi connectivity index (χ0) is 14.9. The normalized spacial score (nSPS) is 22.0. The van der Waals surface area contributed by atoms with E-state index in [0.717, 1.165) is 18.8 Å². The number of nitrogens with two attached hydrogens (primary N) is 1. The second kappa shape index (κ2) is 5.54. The summed E-state index contributed by atoms with van der Waals surface area (Å²) in [6.45, 7) is 1.91. The number of nitrogens with zero attached hydrogens (tertiary/aromatic N) is 2. The summed E-state index contributed by atoms with van der Waals surface area (Å²) in [5, 5.41) is 11.9. The smallest absolute Gasteiger partial charge is 0.172 e. The Kier molecular flexibility index (Phi) is 3.74. The van der Waals surface area contributed by atoms with Gasteiger partial charge < -0.3 is 15.8 Å². The number of hydrogen-bond donors (Lipinski definition) is 2. The largest absolute Gasteiger partial charge is 0.409 e. The van der Waals surface area contributed by atoms with Crippen LogP contribution in [0, 0.1) is 11.2 Å². The lowest BCUT2D eigenvalue weighted by atomic mass is 9.77. The van der Waals surface area contributed by atoms with Gasteiger partial charge in [0, 0.05) is 24.3 Å². The van der Waals surface area contributed by atoms with E-state index in [1.165, 1.54) is 50.7 Å². The van der Waals surface area contributed by atoms with Crippen LogP contribution in [0.4, 0.5) is 10.1 Å². The van der Waals surface area contributed by atoms with Crippen LogP contribution in [0.15, 0.2) is 23.4 Å². The Morgan fingerprint density at radius 2 is 1.86 bits per heavy atom. The van der Waals surface area contributed by atoms with Gasteiger partial charge in [-0.25, -0.2) is 4.39 Å². The van der Waals surface area contributed by atoms with Gasteiger partial charge in [-0.15, -0.1) is 0 Å². The lowest BCUT2D eigenvalue weighted by Gasteiger charge is -2.41. The van der Waals surface area contributed by atoms with Crippen molar-refractivity contribution in [3.05, 3.63) is 29.6 Å². The van der Waals surface area contributed by atoms with Crippen molar-refractivity contribution in [2.75, 3.05) is 18.0 Å². The minimum atomic E-state index is -0.371. The maximum atomic E-state index is 13.4. The average molecular weight is 291 g/mol. The maximum absolute atomic E-state index is 13.4. The van der Waals surface area contributed by atoms with E-state index in [4.69, 9.17) is 10.9 Å². The van der Waals surface area contributed by atoms with Gasteiger partial charge in [0.05, 0.1) is 0 Å². The topological polar surface area (TPSA) is 61.9 Å². The van der Waals surface area contributed by atoms with E-state index in [0.29, 0.717) is 11.0 Å². The highest BCUT2D eigenvalue weighted by molar-refractivity contribution is 6.02. The van der Waals surface area contributed by atoms with Crippen molar-refractivity contribution in [2.24, 2.45) is 16.3 Å². The molecule has 1 aliphatic heterocycles. The summed E-state index contributed by atoms with van der Waals surface area (Å²) in [5.74, 6) is -0.407. The Labute approximate surface area is 124 Å². The van der Waals surface area contributed by atoms with Crippen LogP contribution in [0.1, 0.15) is 44.1 Å². The average Bonchev–Trinajstić information content (AvgIpc) is 2.96. The molecule has 4 nitrogen and oxygen atoms in total. The molecule has 0 atom stereocenters. The molecule has 0 bridgehead atoms. The number of benzene rings is 1. The summed E-state index contributed by atoms with van der Waals surface area (Å²) < 4.78 is 13.4. The SMILES string of the molecule is NC(=NO)c1cc(F)ccc1N1CCC2(CCCC2)CC1. The van der Waals surface area contributed by atoms with E-state index in [1.807, 2.05) is 0 Å². The summed E-state index contributed by atoms with van der Waals surface area (Å²) in [6.07, 6.45) is 7.76. The molecule has 0 radical (unpaired) electrons. The van der Waals surface area contributed by atoms with Crippen LogP contribution < -0.4 is 10.6 Å². The number of halogens is 1. The molecule has 0 aromatic heterocycles. The Bertz CT molecular complexity index is 542. The van der Waals surface area contributed by atoms with E-state index in [9.17, 15) is 4.39 Å². The van der Waals surface area contributed by atoms with Crippen LogP contribution in [0.2, 0.25) is 0 Å². The Morgan fingerprint density at radius 3 is 2.48 bits per heavy atom. The molecule has 1 saturated heterocycles. The second-order valence-electron chi connectivity index (χ2n) is 6.34. The molecule has 3 N–H and O–H groups in total. The molecule has 0 unspecified atom stereocenters. The summed E-state index contributed by atoms with van der Waals surface area (Å²) in [5.41, 5.74) is 7.56. The van der Waals surface area contributed by atoms with Crippen LogP contribution in [-0.2, 0) is 0 Å². The van der Waals surface area contributed by atoms with E-state index in [-0.39, 0.29) is 11.7 Å². The fourth-order valence-electron chi connectivity index (χ4n) is 3.89. The minimum absolute atomic E-state index is 0.0364. The van der Waals surface area contributed by atoms with Crippen molar-refractivity contribution in [1.82, 2.24) is 0 Å². The molecular weight excluding hydrogens is 269 g/mol. The predicted molar refractivity (Wildman–Crippen MR) is 81.3 cm³/mol. The van der Waals surface area contributed by atoms with Crippen LogP contribution in [0.25, 0.3) is 0 Å². The molecule has 3 rings (SSSR count). The van der Waals surface area contributed by atoms with E-state index >= 15 is 0 Å². The zero-order valence-corrected chi connectivity index (χ0v) is 12.2. The summed E-state index contributed by atoms with van der Waals surface area (Å²) >= 11 is 0. The fraction of sp³-hybridized carbons (Fsp3) is 0.562. The summed E-state index contributed by atoms with van der Waals surface area (Å²) in [4.78, 5) is 2.23. The molecule has 5 heteroatoms. The van der Waals surface area contributed by atoms with Crippen molar-refractivity contribution < 1.29 is 9.60 Å². The van der Waals surface area contributed by atoms with Crippen LogP contribution in [0.3, 0.4) is 0 Å². The number of anilines is 1. The highest BCUT2D eigenvalue weighted by atomic mass is 19.1. The van der Waals surface area contributed by atoms with Gasteiger partial charge in [-0.3, -0.25) is 0 Å². The quantitative estimate of drug-likeness (QED) is 0.381. The van der Waals surface area contributed by atoms with Gasteiger partial charge >= 0.3 is 0 Å². The highest BCUT2D eigenvalue weighted by Crippen LogP contribution is 2.46.